The second-order valence-electron chi connectivity index (χ2n) is 11.4. The van der Waals surface area contributed by atoms with Crippen LogP contribution in [-0.4, -0.2) is 67.3 Å². The molecule has 0 aromatic heterocycles. The third-order valence-corrected chi connectivity index (χ3v) is 8.48. The highest BCUT2D eigenvalue weighted by Gasteiger charge is 2.49. The summed E-state index contributed by atoms with van der Waals surface area (Å²) in [5.74, 6) is -0.745. The molecule has 3 aliphatic rings. The minimum atomic E-state index is -1.05. The summed E-state index contributed by atoms with van der Waals surface area (Å²) in [6, 6.07) is 20.0. The van der Waals surface area contributed by atoms with Gasteiger partial charge in [-0.3, -0.25) is 20.2 Å². The van der Waals surface area contributed by atoms with E-state index in [4.69, 9.17) is 25.8 Å². The van der Waals surface area contributed by atoms with Crippen LogP contribution in [0.3, 0.4) is 0 Å². The number of anilines is 2. The number of hydrogen-bond donors (Lipinski definition) is 3. The number of halogens is 1. The van der Waals surface area contributed by atoms with Gasteiger partial charge in [-0.15, -0.1) is 0 Å². The van der Waals surface area contributed by atoms with Gasteiger partial charge in [-0.1, -0.05) is 41.9 Å². The lowest BCUT2D eigenvalue weighted by Crippen LogP contribution is -2.50. The first-order chi connectivity index (χ1) is 21.8. The van der Waals surface area contributed by atoms with E-state index < -0.39 is 29.7 Å². The van der Waals surface area contributed by atoms with E-state index in [1.807, 2.05) is 30.3 Å². The molecule has 12 heteroatoms. The van der Waals surface area contributed by atoms with Gasteiger partial charge >= 0.3 is 12.2 Å². The monoisotopic (exact) mass is 632 g/mol. The van der Waals surface area contributed by atoms with Crippen molar-refractivity contribution in [2.45, 2.75) is 43.4 Å². The molecule has 45 heavy (non-hydrogen) atoms. The van der Waals surface area contributed by atoms with E-state index in [1.54, 1.807) is 47.4 Å². The molecule has 1 spiro atoms. The lowest BCUT2D eigenvalue weighted by molar-refractivity contribution is -0.133. The van der Waals surface area contributed by atoms with Gasteiger partial charge in [0.1, 0.15) is 12.6 Å². The van der Waals surface area contributed by atoms with E-state index in [2.05, 4.69) is 16.0 Å². The highest BCUT2D eigenvalue weighted by molar-refractivity contribution is 6.30. The largest absolute Gasteiger partial charge is 0.447 e. The molecule has 3 aromatic rings. The Bertz CT molecular complexity index is 1580. The quantitative estimate of drug-likeness (QED) is 0.314. The van der Waals surface area contributed by atoms with E-state index in [1.165, 1.54) is 0 Å². The molecule has 3 atom stereocenters. The van der Waals surface area contributed by atoms with Gasteiger partial charge in [-0.25, -0.2) is 9.59 Å². The number of benzene rings is 3. The summed E-state index contributed by atoms with van der Waals surface area (Å²) in [7, 11) is 0. The number of fused-ring (bicyclic) bond motifs is 2. The second kappa shape index (κ2) is 13.2. The molecular weight excluding hydrogens is 600 g/mol. The number of carbonyl (C=O) groups excluding carboxylic acids is 4. The van der Waals surface area contributed by atoms with E-state index in [0.717, 1.165) is 18.4 Å². The molecule has 0 bridgehead atoms. The summed E-state index contributed by atoms with van der Waals surface area (Å²) in [4.78, 5) is 53.6. The third-order valence-electron chi connectivity index (χ3n) is 8.24. The molecule has 3 N–H and O–H groups in total. The van der Waals surface area contributed by atoms with Gasteiger partial charge in [0.15, 0.2) is 5.60 Å². The normalized spacial score (nSPS) is 21.0. The van der Waals surface area contributed by atoms with Crippen molar-refractivity contribution >= 4 is 47.0 Å². The Kier molecular flexibility index (Phi) is 8.90. The van der Waals surface area contributed by atoms with E-state index in [-0.39, 0.29) is 31.6 Å². The molecule has 2 saturated heterocycles. The van der Waals surface area contributed by atoms with Crippen LogP contribution < -0.4 is 16.0 Å². The minimum absolute atomic E-state index is 0.0801. The number of carbonyl (C=O) groups is 4. The van der Waals surface area contributed by atoms with Crippen LogP contribution in [0.4, 0.5) is 21.0 Å². The topological polar surface area (TPSA) is 135 Å². The van der Waals surface area contributed by atoms with Crippen LogP contribution >= 0.6 is 11.6 Å². The van der Waals surface area contributed by atoms with Crippen molar-refractivity contribution in [1.29, 1.82) is 0 Å². The maximum Gasteiger partial charge on any atom is 0.412 e. The predicted octanol–water partition coefficient (Wildman–Crippen LogP) is 5.10. The van der Waals surface area contributed by atoms with Crippen molar-refractivity contribution < 1.29 is 33.4 Å². The minimum Gasteiger partial charge on any atom is -0.447 e. The van der Waals surface area contributed by atoms with Crippen LogP contribution in [0.2, 0.25) is 5.02 Å². The van der Waals surface area contributed by atoms with Gasteiger partial charge in [0.25, 0.3) is 5.91 Å². The number of rotatable bonds is 8. The standard InChI is InChI=1S/C33H33ClN4O7/c34-23-10-13-27-26(18-23)33(45-32(42)37-27)14-15-38(20-33)30(40)28(17-21-5-2-1-3-6-21)36-29(39)22-8-11-24(12-9-22)35-31(41)44-19-25-7-4-16-43-25/h1-3,5-6,8-13,18,25,28H,4,7,14-17,19-20H2,(H,35,41)(H,36,39)(H,37,42)/t25-,28-,33?/m0/s1. The average molecular weight is 633 g/mol. The summed E-state index contributed by atoms with van der Waals surface area (Å²) in [6.07, 6.45) is 1.17. The summed E-state index contributed by atoms with van der Waals surface area (Å²) >= 11 is 6.28. The fourth-order valence-corrected chi connectivity index (χ4v) is 6.13. The lowest BCUT2D eigenvalue weighted by atomic mass is 9.90. The Morgan fingerprint density at radius 3 is 2.64 bits per heavy atom. The van der Waals surface area contributed by atoms with Gasteiger partial charge < -0.3 is 24.4 Å². The van der Waals surface area contributed by atoms with Crippen molar-refractivity contribution in [1.82, 2.24) is 10.2 Å². The van der Waals surface area contributed by atoms with Crippen LogP contribution in [0, 0.1) is 0 Å². The molecule has 4 amide bonds. The summed E-state index contributed by atoms with van der Waals surface area (Å²) in [5, 5.41) is 8.73. The highest BCUT2D eigenvalue weighted by Crippen LogP contribution is 2.44. The van der Waals surface area contributed by atoms with Crippen LogP contribution in [0.15, 0.2) is 72.8 Å². The van der Waals surface area contributed by atoms with Crippen LogP contribution in [0.5, 0.6) is 0 Å². The molecule has 3 aromatic carbocycles. The van der Waals surface area contributed by atoms with Crippen molar-refractivity contribution in [3.8, 4) is 0 Å². The molecule has 1 unspecified atom stereocenters. The number of nitrogens with zero attached hydrogens (tertiary/aromatic N) is 1. The molecule has 2 fully saturated rings. The highest BCUT2D eigenvalue weighted by atomic mass is 35.5. The summed E-state index contributed by atoms with van der Waals surface area (Å²) < 4.78 is 16.5. The van der Waals surface area contributed by atoms with E-state index in [0.29, 0.717) is 47.1 Å². The number of hydrogen-bond acceptors (Lipinski definition) is 7. The van der Waals surface area contributed by atoms with Crippen molar-refractivity contribution in [2.75, 3.05) is 36.9 Å². The van der Waals surface area contributed by atoms with Crippen LogP contribution in [-0.2, 0) is 31.0 Å². The smallest absolute Gasteiger partial charge is 0.412 e. The van der Waals surface area contributed by atoms with E-state index >= 15 is 0 Å². The molecule has 6 rings (SSSR count). The molecule has 0 radical (unpaired) electrons. The van der Waals surface area contributed by atoms with Gasteiger partial charge in [0.2, 0.25) is 5.91 Å². The maximum absolute atomic E-state index is 14.0. The van der Waals surface area contributed by atoms with E-state index in [9.17, 15) is 19.2 Å². The predicted molar refractivity (Wildman–Crippen MR) is 166 cm³/mol. The number of likely N-dealkylation sites (tertiary alicyclic amines) is 1. The number of nitrogens with one attached hydrogen (secondary N) is 3. The summed E-state index contributed by atoms with van der Waals surface area (Å²) in [6.45, 7) is 1.30. The Morgan fingerprint density at radius 1 is 1.09 bits per heavy atom. The molecule has 234 valence electrons. The second-order valence-corrected chi connectivity index (χ2v) is 11.8. The zero-order valence-corrected chi connectivity index (χ0v) is 25.2. The van der Waals surface area contributed by atoms with Crippen molar-refractivity contribution in [3.05, 3.63) is 94.5 Å². The van der Waals surface area contributed by atoms with Crippen LogP contribution in [0.25, 0.3) is 0 Å². The maximum atomic E-state index is 14.0. The van der Waals surface area contributed by atoms with Crippen molar-refractivity contribution in [3.63, 3.8) is 0 Å². The van der Waals surface area contributed by atoms with Gasteiger partial charge in [-0.2, -0.15) is 0 Å². The molecule has 3 aliphatic heterocycles. The van der Waals surface area contributed by atoms with Crippen molar-refractivity contribution in [2.24, 2.45) is 0 Å². The fourth-order valence-electron chi connectivity index (χ4n) is 5.96. The first-order valence-corrected chi connectivity index (χ1v) is 15.2. The SMILES string of the molecule is O=C(Nc1ccc(C(=O)N[C@@H](Cc2ccccc2)C(=O)N2CCC3(C2)OC(=O)Nc2ccc(Cl)cc23)cc1)OC[C@@H]1CCCO1. The van der Waals surface area contributed by atoms with Crippen LogP contribution in [0.1, 0.15) is 40.7 Å². The molecular formula is C33H33ClN4O7. The molecule has 11 nitrogen and oxygen atoms in total. The Hall–Kier alpha value is -4.61. The first kappa shape index (κ1) is 30.4. The lowest BCUT2D eigenvalue weighted by Gasteiger charge is -2.35. The average Bonchev–Trinajstić information content (AvgIpc) is 3.72. The zero-order chi connectivity index (χ0) is 31.4. The molecule has 0 saturated carbocycles. The number of ether oxygens (including phenoxy) is 3. The Morgan fingerprint density at radius 2 is 1.89 bits per heavy atom. The summed E-state index contributed by atoms with van der Waals surface area (Å²) in [5.41, 5.74) is 1.89. The van der Waals surface area contributed by atoms with Gasteiger partial charge in [0, 0.05) is 47.8 Å². The Balaban J connectivity index is 1.14. The number of amides is 4. The molecule has 3 heterocycles. The third kappa shape index (κ3) is 7.05. The first-order valence-electron chi connectivity index (χ1n) is 14.9. The molecule has 0 aliphatic carbocycles. The zero-order valence-electron chi connectivity index (χ0n) is 24.4. The van der Waals surface area contributed by atoms with Gasteiger partial charge in [-0.05, 0) is 60.9 Å². The Labute approximate surface area is 265 Å². The van der Waals surface area contributed by atoms with Gasteiger partial charge in [0.05, 0.1) is 18.3 Å². The fraction of sp³-hybridized carbons (Fsp3) is 0.333.